The zero-order valence-electron chi connectivity index (χ0n) is 12.3. The minimum atomic E-state index is -0.654. The Balaban J connectivity index is 1.82. The number of hydrogen-bond acceptors (Lipinski definition) is 5. The van der Waals surface area contributed by atoms with E-state index in [2.05, 4.69) is 20.3 Å². The summed E-state index contributed by atoms with van der Waals surface area (Å²) in [6, 6.07) is 5.42. The monoisotopic (exact) mass is 354 g/mol. The quantitative estimate of drug-likeness (QED) is 0.634. The van der Waals surface area contributed by atoms with Gasteiger partial charge in [-0.15, -0.1) is 0 Å². The summed E-state index contributed by atoms with van der Waals surface area (Å²) in [7, 11) is 0. The molecule has 3 aromatic rings. The highest BCUT2D eigenvalue weighted by atomic mass is 35.5. The highest BCUT2D eigenvalue weighted by molar-refractivity contribution is 6.33. The molecule has 0 saturated heterocycles. The lowest BCUT2D eigenvalue weighted by molar-refractivity contribution is 0.193. The molecule has 1 aromatic carbocycles. The molecule has 0 spiro atoms. The smallest absolute Gasteiger partial charge is 0.296 e. The molecule has 3 rings (SSSR count). The molecule has 0 aliphatic heterocycles. The number of hydrogen-bond donors (Lipinski definition) is 3. The molecule has 0 amide bonds. The maximum Gasteiger partial charge on any atom is 0.296 e. The van der Waals surface area contributed by atoms with E-state index in [1.165, 1.54) is 18.2 Å². The number of nitrogens with one attached hydrogen (secondary N) is 2. The van der Waals surface area contributed by atoms with E-state index in [9.17, 15) is 8.78 Å². The van der Waals surface area contributed by atoms with Crippen molar-refractivity contribution in [1.82, 2.24) is 15.0 Å². The summed E-state index contributed by atoms with van der Waals surface area (Å²) in [4.78, 5) is 11.2. The molecule has 126 valence electrons. The third-order valence-electron chi connectivity index (χ3n) is 3.23. The van der Waals surface area contributed by atoms with Gasteiger partial charge in [-0.3, -0.25) is 0 Å². The molecule has 24 heavy (non-hydrogen) atoms. The summed E-state index contributed by atoms with van der Waals surface area (Å²) < 4.78 is 32.4. The fraction of sp³-hybridized carbons (Fsp3) is 0.200. The zero-order valence-corrected chi connectivity index (χ0v) is 13.1. The van der Waals surface area contributed by atoms with Crippen LogP contribution in [0, 0.1) is 11.6 Å². The van der Waals surface area contributed by atoms with Crippen LogP contribution in [0.1, 0.15) is 5.56 Å². The number of imidazole rings is 1. The molecule has 0 bridgehead atoms. The molecule has 9 heteroatoms. The topological polar surface area (TPSA) is 83.1 Å². The number of aliphatic hydroxyl groups excluding tert-OH is 1. The first-order valence-electron chi connectivity index (χ1n) is 7.05. The van der Waals surface area contributed by atoms with Gasteiger partial charge >= 0.3 is 0 Å². The number of H-pyrrole nitrogens is 1. The van der Waals surface area contributed by atoms with Crippen molar-refractivity contribution in [2.45, 2.75) is 6.54 Å². The molecule has 0 aliphatic carbocycles. The molecule has 2 aromatic heterocycles. The van der Waals surface area contributed by atoms with Gasteiger partial charge < -0.3 is 20.1 Å². The van der Waals surface area contributed by atoms with E-state index in [1.54, 1.807) is 6.07 Å². The molecule has 6 nitrogen and oxygen atoms in total. The van der Waals surface area contributed by atoms with Gasteiger partial charge in [-0.2, -0.15) is 4.98 Å². The van der Waals surface area contributed by atoms with E-state index >= 15 is 0 Å². The van der Waals surface area contributed by atoms with E-state index < -0.39 is 11.6 Å². The van der Waals surface area contributed by atoms with E-state index in [1.807, 2.05) is 0 Å². The number of fused-ring (bicyclic) bond motifs is 1. The minimum absolute atomic E-state index is 0.0885. The van der Waals surface area contributed by atoms with Crippen molar-refractivity contribution in [2.75, 3.05) is 18.5 Å². The predicted molar refractivity (Wildman–Crippen MR) is 85.2 cm³/mol. The fourth-order valence-corrected chi connectivity index (χ4v) is 2.32. The second-order valence-corrected chi connectivity index (χ2v) is 5.26. The van der Waals surface area contributed by atoms with Crippen LogP contribution in [0.4, 0.5) is 14.6 Å². The summed E-state index contributed by atoms with van der Waals surface area (Å²) in [5.41, 5.74) is 0.754. The first-order chi connectivity index (χ1) is 11.6. The van der Waals surface area contributed by atoms with Crippen LogP contribution in [0.2, 0.25) is 5.02 Å². The average Bonchev–Trinajstić information content (AvgIpc) is 2.94. The minimum Gasteiger partial charge on any atom is -0.462 e. The molecule has 0 saturated carbocycles. The maximum atomic E-state index is 13.6. The van der Waals surface area contributed by atoms with Gasteiger partial charge in [0.15, 0.2) is 5.65 Å². The molecule has 0 fully saturated rings. The van der Waals surface area contributed by atoms with Crippen LogP contribution in [0.15, 0.2) is 24.3 Å². The van der Waals surface area contributed by atoms with Gasteiger partial charge in [-0.25, -0.2) is 13.8 Å². The van der Waals surface area contributed by atoms with Crippen LogP contribution in [0.25, 0.3) is 11.2 Å². The number of pyridine rings is 1. The second-order valence-electron chi connectivity index (χ2n) is 4.86. The van der Waals surface area contributed by atoms with Crippen LogP contribution in [0.3, 0.4) is 0 Å². The van der Waals surface area contributed by atoms with Crippen molar-refractivity contribution in [3.63, 3.8) is 0 Å². The Morgan fingerprint density at radius 2 is 2.00 bits per heavy atom. The van der Waals surface area contributed by atoms with Gasteiger partial charge in [0.1, 0.15) is 24.1 Å². The largest absolute Gasteiger partial charge is 0.462 e. The number of benzene rings is 1. The second kappa shape index (κ2) is 6.98. The lowest BCUT2D eigenvalue weighted by atomic mass is 10.2. The zero-order chi connectivity index (χ0) is 17.1. The fourth-order valence-electron chi connectivity index (χ4n) is 2.10. The van der Waals surface area contributed by atoms with Crippen molar-refractivity contribution in [3.8, 4) is 6.01 Å². The van der Waals surface area contributed by atoms with Gasteiger partial charge in [0, 0.05) is 12.1 Å². The summed E-state index contributed by atoms with van der Waals surface area (Å²) in [5, 5.41) is 11.8. The number of aliphatic hydroxyl groups is 1. The van der Waals surface area contributed by atoms with Crippen molar-refractivity contribution < 1.29 is 18.6 Å². The summed E-state index contributed by atoms with van der Waals surface area (Å²) in [5.74, 6) is -1.06. The van der Waals surface area contributed by atoms with Crippen LogP contribution in [-0.2, 0) is 6.54 Å². The summed E-state index contributed by atoms with van der Waals surface area (Å²) in [6.45, 7) is -0.174. The van der Waals surface area contributed by atoms with E-state index in [0.29, 0.717) is 11.2 Å². The van der Waals surface area contributed by atoms with Gasteiger partial charge in [-0.05, 0) is 18.2 Å². The summed E-state index contributed by atoms with van der Waals surface area (Å²) in [6.07, 6.45) is 0. The molecule has 3 N–H and O–H groups in total. The molecule has 0 atom stereocenters. The standard InChI is InChI=1S/C15H13ClF2N4O2/c16-9-6-12-14(22-15(20-12)24-5-4-23)21-13(9)19-7-8-10(17)2-1-3-11(8)18/h1-3,6,23H,4-5,7H2,(H2,19,20,21,22). The number of nitrogens with zero attached hydrogens (tertiary/aromatic N) is 2. The van der Waals surface area contributed by atoms with Crippen molar-refractivity contribution in [3.05, 3.63) is 46.5 Å². The highest BCUT2D eigenvalue weighted by Crippen LogP contribution is 2.26. The van der Waals surface area contributed by atoms with Gasteiger partial charge in [0.05, 0.1) is 17.1 Å². The van der Waals surface area contributed by atoms with E-state index in [4.69, 9.17) is 21.4 Å². The van der Waals surface area contributed by atoms with E-state index in [-0.39, 0.29) is 42.2 Å². The number of halogens is 3. The molecule has 0 aliphatic rings. The Morgan fingerprint density at radius 1 is 1.25 bits per heavy atom. The maximum absolute atomic E-state index is 13.6. The highest BCUT2D eigenvalue weighted by Gasteiger charge is 2.12. The number of rotatable bonds is 6. The van der Waals surface area contributed by atoms with Crippen LogP contribution >= 0.6 is 11.6 Å². The predicted octanol–water partition coefficient (Wildman–Crippen LogP) is 2.87. The van der Waals surface area contributed by atoms with Gasteiger partial charge in [0.2, 0.25) is 0 Å². The van der Waals surface area contributed by atoms with Crippen LogP contribution < -0.4 is 10.1 Å². The number of aromatic amines is 1. The van der Waals surface area contributed by atoms with Crippen molar-refractivity contribution in [1.29, 1.82) is 0 Å². The van der Waals surface area contributed by atoms with E-state index in [0.717, 1.165) is 0 Å². The Labute approximate surface area is 140 Å². The first kappa shape index (κ1) is 16.4. The van der Waals surface area contributed by atoms with Crippen molar-refractivity contribution in [2.24, 2.45) is 0 Å². The number of ether oxygens (including phenoxy) is 1. The SMILES string of the molecule is OCCOc1nc2nc(NCc3c(F)cccc3F)c(Cl)cc2[nH]1. The molecule has 0 radical (unpaired) electrons. The lowest BCUT2D eigenvalue weighted by Gasteiger charge is -2.09. The van der Waals surface area contributed by atoms with Gasteiger partial charge in [0.25, 0.3) is 6.01 Å². The first-order valence-corrected chi connectivity index (χ1v) is 7.43. The van der Waals surface area contributed by atoms with Crippen molar-refractivity contribution >= 4 is 28.6 Å². The Bertz CT molecular complexity index is 852. The third kappa shape index (κ3) is 3.39. The number of anilines is 1. The molecular weight excluding hydrogens is 342 g/mol. The Morgan fingerprint density at radius 3 is 2.71 bits per heavy atom. The molecule has 0 unspecified atom stereocenters. The van der Waals surface area contributed by atoms with Gasteiger partial charge in [-0.1, -0.05) is 17.7 Å². The van der Waals surface area contributed by atoms with Crippen LogP contribution in [-0.4, -0.2) is 33.3 Å². The van der Waals surface area contributed by atoms with Crippen LogP contribution in [0.5, 0.6) is 6.01 Å². The average molecular weight is 355 g/mol. The molecule has 2 heterocycles. The Hall–Kier alpha value is -2.45. The third-order valence-corrected chi connectivity index (χ3v) is 3.52. The molecular formula is C15H13ClF2N4O2. The summed E-state index contributed by atoms with van der Waals surface area (Å²) >= 11 is 6.12. The number of aromatic nitrogens is 3. The normalized spacial score (nSPS) is 11.0. The lowest BCUT2D eigenvalue weighted by Crippen LogP contribution is -2.06. The Kier molecular flexibility index (Phi) is 4.77.